The molecule has 0 unspecified atom stereocenters. The first kappa shape index (κ1) is 20.1. The lowest BCUT2D eigenvalue weighted by molar-refractivity contribution is -0.137. The molecule has 30 heavy (non-hydrogen) atoms. The molecule has 9 heteroatoms. The quantitative estimate of drug-likeness (QED) is 0.687. The summed E-state index contributed by atoms with van der Waals surface area (Å²) in [7, 11) is 0. The molecule has 0 amide bonds. The largest absolute Gasteiger partial charge is 0.419 e. The molecule has 0 bridgehead atoms. The smallest absolute Gasteiger partial charge is 0.367 e. The maximum Gasteiger partial charge on any atom is 0.419 e. The van der Waals surface area contributed by atoms with Gasteiger partial charge in [0.1, 0.15) is 5.82 Å². The zero-order valence-corrected chi connectivity index (χ0v) is 16.0. The van der Waals surface area contributed by atoms with E-state index in [1.165, 1.54) is 23.0 Å². The van der Waals surface area contributed by atoms with E-state index in [0.717, 1.165) is 11.6 Å². The summed E-state index contributed by atoms with van der Waals surface area (Å²) in [4.78, 5) is 20.3. The number of rotatable bonds is 4. The van der Waals surface area contributed by atoms with Crippen LogP contribution in [0.4, 0.5) is 19.0 Å². The van der Waals surface area contributed by atoms with Gasteiger partial charge >= 0.3 is 6.18 Å². The van der Waals surface area contributed by atoms with Gasteiger partial charge in [0.25, 0.3) is 5.56 Å². The fourth-order valence-electron chi connectivity index (χ4n) is 3.76. The van der Waals surface area contributed by atoms with E-state index in [1.54, 1.807) is 24.5 Å². The number of nitrogens with one attached hydrogen (secondary N) is 1. The number of nitrogens with zero attached hydrogens (tertiary/aromatic N) is 4. The second kappa shape index (κ2) is 8.25. The first-order chi connectivity index (χ1) is 14.4. The summed E-state index contributed by atoms with van der Waals surface area (Å²) in [5, 5.41) is 7.44. The van der Waals surface area contributed by atoms with Crippen LogP contribution in [0.25, 0.3) is 11.3 Å². The molecule has 1 aliphatic rings. The van der Waals surface area contributed by atoms with Crippen molar-refractivity contribution in [2.75, 3.05) is 5.32 Å². The van der Waals surface area contributed by atoms with Crippen LogP contribution < -0.4 is 10.9 Å². The third-order valence-electron chi connectivity index (χ3n) is 5.28. The van der Waals surface area contributed by atoms with Crippen LogP contribution in [0.5, 0.6) is 0 Å². The van der Waals surface area contributed by atoms with E-state index in [4.69, 9.17) is 0 Å². The first-order valence-corrected chi connectivity index (χ1v) is 9.71. The second-order valence-electron chi connectivity index (χ2n) is 7.29. The van der Waals surface area contributed by atoms with Crippen molar-refractivity contribution >= 4 is 5.82 Å². The molecule has 3 aromatic rings. The maximum absolute atomic E-state index is 13.2. The average molecular weight is 415 g/mol. The average Bonchev–Trinajstić information content (AvgIpc) is 2.75. The molecule has 3 heterocycles. The molecule has 6 nitrogen and oxygen atoms in total. The number of alkyl halides is 3. The number of aromatic nitrogens is 4. The van der Waals surface area contributed by atoms with Crippen LogP contribution in [0.3, 0.4) is 0 Å². The highest BCUT2D eigenvalue weighted by molar-refractivity contribution is 5.56. The fraction of sp³-hybridized carbons (Fsp3) is 0.333. The summed E-state index contributed by atoms with van der Waals surface area (Å²) in [6.07, 6.45) is 2.73. The molecule has 1 N–H and O–H groups in total. The lowest BCUT2D eigenvalue weighted by Gasteiger charge is -2.30. The molecule has 4 rings (SSSR count). The van der Waals surface area contributed by atoms with Gasteiger partial charge in [0.2, 0.25) is 0 Å². The van der Waals surface area contributed by atoms with Crippen molar-refractivity contribution in [1.29, 1.82) is 0 Å². The van der Waals surface area contributed by atoms with Crippen molar-refractivity contribution in [3.8, 4) is 11.3 Å². The van der Waals surface area contributed by atoms with Gasteiger partial charge in [0, 0.05) is 36.3 Å². The minimum Gasteiger partial charge on any atom is -0.367 e. The van der Waals surface area contributed by atoms with Gasteiger partial charge in [-0.25, -0.2) is 9.67 Å². The van der Waals surface area contributed by atoms with Crippen molar-refractivity contribution in [1.82, 2.24) is 19.7 Å². The van der Waals surface area contributed by atoms with Gasteiger partial charge in [0.15, 0.2) is 0 Å². The van der Waals surface area contributed by atoms with Crippen molar-refractivity contribution in [3.05, 3.63) is 70.9 Å². The van der Waals surface area contributed by atoms with Crippen LogP contribution in [0.1, 0.15) is 37.3 Å². The van der Waals surface area contributed by atoms with Crippen molar-refractivity contribution in [2.45, 2.75) is 43.9 Å². The molecule has 1 aliphatic carbocycles. The monoisotopic (exact) mass is 415 g/mol. The number of anilines is 1. The summed E-state index contributed by atoms with van der Waals surface area (Å²) >= 11 is 0. The molecule has 0 spiro atoms. The predicted octanol–water partition coefficient (Wildman–Crippen LogP) is 4.31. The topological polar surface area (TPSA) is 72.7 Å². The molecular weight excluding hydrogens is 395 g/mol. The van der Waals surface area contributed by atoms with E-state index < -0.39 is 11.7 Å². The molecule has 0 atom stereocenters. The van der Waals surface area contributed by atoms with Crippen molar-refractivity contribution < 1.29 is 13.2 Å². The molecule has 1 saturated carbocycles. The zero-order valence-electron chi connectivity index (χ0n) is 16.0. The number of halogens is 3. The van der Waals surface area contributed by atoms with Gasteiger partial charge in [-0.15, -0.1) is 0 Å². The highest BCUT2D eigenvalue weighted by atomic mass is 19.4. The van der Waals surface area contributed by atoms with Gasteiger partial charge in [-0.1, -0.05) is 0 Å². The minimum absolute atomic E-state index is 0.0991. The van der Waals surface area contributed by atoms with Crippen molar-refractivity contribution in [2.24, 2.45) is 0 Å². The van der Waals surface area contributed by atoms with Crippen LogP contribution in [-0.4, -0.2) is 25.8 Å². The van der Waals surface area contributed by atoms with Gasteiger partial charge in [-0.2, -0.15) is 18.3 Å². The molecule has 0 radical (unpaired) electrons. The van der Waals surface area contributed by atoms with Crippen LogP contribution in [0.2, 0.25) is 0 Å². The molecule has 0 aliphatic heterocycles. The Hall–Kier alpha value is -3.23. The van der Waals surface area contributed by atoms with Gasteiger partial charge in [0.05, 0.1) is 17.3 Å². The molecule has 156 valence electrons. The van der Waals surface area contributed by atoms with E-state index in [2.05, 4.69) is 20.4 Å². The molecule has 0 aromatic carbocycles. The summed E-state index contributed by atoms with van der Waals surface area (Å²) < 4.78 is 41.0. The van der Waals surface area contributed by atoms with E-state index >= 15 is 0 Å². The Balaban J connectivity index is 1.47. The Kier molecular flexibility index (Phi) is 5.52. The highest BCUT2D eigenvalue weighted by Gasteiger charge is 2.35. The van der Waals surface area contributed by atoms with E-state index in [9.17, 15) is 18.0 Å². The van der Waals surface area contributed by atoms with Crippen LogP contribution in [-0.2, 0) is 6.18 Å². The Morgan fingerprint density at radius 1 is 1.00 bits per heavy atom. The van der Waals surface area contributed by atoms with Gasteiger partial charge in [-0.3, -0.25) is 9.78 Å². The standard InChI is InChI=1S/C21H20F3N5O/c22-21(23,24)17-4-2-12-26-20(17)27-15-5-7-16(8-6-15)29-19(30)10-9-18(28-29)14-3-1-11-25-13-14/h1-4,9-13,15-16H,5-8H2,(H,26,27). The summed E-state index contributed by atoms with van der Waals surface area (Å²) in [6, 6.07) is 8.89. The Bertz CT molecular complexity index is 1060. The molecule has 0 saturated heterocycles. The van der Waals surface area contributed by atoms with Crippen LogP contribution >= 0.6 is 0 Å². The third-order valence-corrected chi connectivity index (χ3v) is 5.28. The second-order valence-corrected chi connectivity index (χ2v) is 7.29. The highest BCUT2D eigenvalue weighted by Crippen LogP contribution is 2.35. The van der Waals surface area contributed by atoms with E-state index in [1.807, 2.05) is 6.07 Å². The SMILES string of the molecule is O=c1ccc(-c2cccnc2)nn1C1CCC(Nc2ncccc2C(F)(F)F)CC1. The molecule has 3 aromatic heterocycles. The normalized spacial score (nSPS) is 19.4. The lowest BCUT2D eigenvalue weighted by atomic mass is 9.91. The summed E-state index contributed by atoms with van der Waals surface area (Å²) in [5.74, 6) is -0.151. The molecule has 1 fully saturated rings. The van der Waals surface area contributed by atoms with Crippen LogP contribution in [0.15, 0.2) is 59.8 Å². The van der Waals surface area contributed by atoms with Crippen LogP contribution in [0, 0.1) is 0 Å². The number of pyridine rings is 2. The minimum atomic E-state index is -4.46. The fourth-order valence-corrected chi connectivity index (χ4v) is 3.76. The van der Waals surface area contributed by atoms with Gasteiger partial charge in [-0.05, 0) is 56.0 Å². The summed E-state index contributed by atoms with van der Waals surface area (Å²) in [5.41, 5.74) is 0.514. The van der Waals surface area contributed by atoms with E-state index in [-0.39, 0.29) is 23.5 Å². The number of hydrogen-bond donors (Lipinski definition) is 1. The summed E-state index contributed by atoms with van der Waals surface area (Å²) in [6.45, 7) is 0. The van der Waals surface area contributed by atoms with Crippen molar-refractivity contribution in [3.63, 3.8) is 0 Å². The Morgan fingerprint density at radius 2 is 1.77 bits per heavy atom. The van der Waals surface area contributed by atoms with Gasteiger partial charge < -0.3 is 5.32 Å². The number of hydrogen-bond acceptors (Lipinski definition) is 5. The Morgan fingerprint density at radius 3 is 2.47 bits per heavy atom. The van der Waals surface area contributed by atoms with E-state index in [0.29, 0.717) is 31.4 Å². The maximum atomic E-state index is 13.2. The predicted molar refractivity (Wildman–Crippen MR) is 106 cm³/mol. The lowest BCUT2D eigenvalue weighted by Crippen LogP contribution is -2.33. The Labute approximate surface area is 170 Å². The third kappa shape index (κ3) is 4.34. The zero-order chi connectivity index (χ0) is 21.1. The first-order valence-electron chi connectivity index (χ1n) is 9.71. The molecular formula is C21H20F3N5O.